The Morgan fingerprint density at radius 1 is 1.29 bits per heavy atom. The van der Waals surface area contributed by atoms with Crippen LogP contribution in [0.15, 0.2) is 30.3 Å². The highest BCUT2D eigenvalue weighted by molar-refractivity contribution is 5.13. The fraction of sp³-hybridized carbons (Fsp3) is 0.571. The van der Waals surface area contributed by atoms with Gasteiger partial charge in [-0.05, 0) is 26.0 Å². The molecule has 96 valence electrons. The van der Waals surface area contributed by atoms with Gasteiger partial charge in [0.2, 0.25) is 0 Å². The van der Waals surface area contributed by atoms with Crippen LogP contribution in [0.4, 0.5) is 0 Å². The highest BCUT2D eigenvalue weighted by Gasteiger charge is 2.02. The first-order chi connectivity index (χ1) is 8.18. The molecule has 0 aliphatic rings. The van der Waals surface area contributed by atoms with Gasteiger partial charge in [-0.25, -0.2) is 0 Å². The Bertz CT molecular complexity index is 288. The number of hydrogen-bond donors (Lipinski definition) is 1. The van der Waals surface area contributed by atoms with Gasteiger partial charge in [0.15, 0.2) is 0 Å². The lowest BCUT2D eigenvalue weighted by Crippen LogP contribution is -2.28. The molecule has 1 atom stereocenters. The Labute approximate surface area is 104 Å². The third-order valence-corrected chi connectivity index (χ3v) is 2.52. The second kappa shape index (κ2) is 8.23. The number of aliphatic hydroxyl groups is 1. The van der Waals surface area contributed by atoms with E-state index in [0.717, 1.165) is 26.1 Å². The van der Waals surface area contributed by atoms with E-state index in [9.17, 15) is 5.11 Å². The van der Waals surface area contributed by atoms with Gasteiger partial charge >= 0.3 is 0 Å². The highest BCUT2D eigenvalue weighted by atomic mass is 16.5. The van der Waals surface area contributed by atoms with Gasteiger partial charge in [0, 0.05) is 19.7 Å². The lowest BCUT2D eigenvalue weighted by Gasteiger charge is -2.17. The fourth-order valence-corrected chi connectivity index (χ4v) is 1.74. The quantitative estimate of drug-likeness (QED) is 0.701. The molecule has 1 rings (SSSR count). The largest absolute Gasteiger partial charge is 0.392 e. The topological polar surface area (TPSA) is 32.7 Å². The zero-order chi connectivity index (χ0) is 12.5. The average molecular weight is 237 g/mol. The van der Waals surface area contributed by atoms with E-state index in [0.29, 0.717) is 6.61 Å². The number of hydrogen-bond acceptors (Lipinski definition) is 3. The van der Waals surface area contributed by atoms with Crippen molar-refractivity contribution in [1.29, 1.82) is 0 Å². The molecule has 1 unspecified atom stereocenters. The van der Waals surface area contributed by atoms with Gasteiger partial charge in [0.1, 0.15) is 0 Å². The number of benzene rings is 1. The molecule has 3 heteroatoms. The summed E-state index contributed by atoms with van der Waals surface area (Å²) in [4.78, 5) is 2.12. The molecule has 1 aromatic rings. The van der Waals surface area contributed by atoms with Crippen molar-refractivity contribution in [1.82, 2.24) is 4.90 Å². The number of ether oxygens (including phenoxy) is 1. The molecular formula is C14H23NO2. The molecule has 1 N–H and O–H groups in total. The van der Waals surface area contributed by atoms with Crippen molar-refractivity contribution in [3.05, 3.63) is 35.9 Å². The summed E-state index contributed by atoms with van der Waals surface area (Å²) in [5.41, 5.74) is 1.21. The fourth-order valence-electron chi connectivity index (χ4n) is 1.74. The van der Waals surface area contributed by atoms with Gasteiger partial charge in [-0.15, -0.1) is 0 Å². The van der Waals surface area contributed by atoms with Crippen LogP contribution in [0.3, 0.4) is 0 Å². The smallest absolute Gasteiger partial charge is 0.0716 e. The Balaban J connectivity index is 2.01. The van der Waals surface area contributed by atoms with E-state index < -0.39 is 0 Å². The minimum atomic E-state index is -0.259. The van der Waals surface area contributed by atoms with Crippen molar-refractivity contribution in [2.24, 2.45) is 0 Å². The van der Waals surface area contributed by atoms with Gasteiger partial charge < -0.3 is 14.7 Å². The SMILES string of the molecule is CC(O)CN(C)CCCOCc1ccccc1. The summed E-state index contributed by atoms with van der Waals surface area (Å²) < 4.78 is 5.59. The molecule has 0 saturated carbocycles. The van der Waals surface area contributed by atoms with Crippen molar-refractivity contribution in [2.75, 3.05) is 26.7 Å². The predicted molar refractivity (Wildman–Crippen MR) is 69.9 cm³/mol. The Hall–Kier alpha value is -0.900. The summed E-state index contributed by atoms with van der Waals surface area (Å²) >= 11 is 0. The molecule has 0 saturated heterocycles. The van der Waals surface area contributed by atoms with E-state index in [2.05, 4.69) is 17.0 Å². The van der Waals surface area contributed by atoms with Crippen LogP contribution in [0, 0.1) is 0 Å². The summed E-state index contributed by atoms with van der Waals surface area (Å²) in [5.74, 6) is 0. The molecule has 0 spiro atoms. The van der Waals surface area contributed by atoms with Gasteiger partial charge in [0.25, 0.3) is 0 Å². The first-order valence-corrected chi connectivity index (χ1v) is 6.17. The molecule has 0 amide bonds. The van der Waals surface area contributed by atoms with E-state index in [1.165, 1.54) is 5.56 Å². The van der Waals surface area contributed by atoms with Crippen molar-refractivity contribution in [2.45, 2.75) is 26.1 Å². The zero-order valence-corrected chi connectivity index (χ0v) is 10.8. The normalized spacial score (nSPS) is 12.9. The van der Waals surface area contributed by atoms with Crippen molar-refractivity contribution in [3.63, 3.8) is 0 Å². The maximum absolute atomic E-state index is 9.20. The van der Waals surface area contributed by atoms with Gasteiger partial charge in [-0.1, -0.05) is 30.3 Å². The maximum atomic E-state index is 9.20. The van der Waals surface area contributed by atoms with Gasteiger partial charge in [-0.3, -0.25) is 0 Å². The van der Waals surface area contributed by atoms with Crippen LogP contribution in [-0.2, 0) is 11.3 Å². The zero-order valence-electron chi connectivity index (χ0n) is 10.8. The number of rotatable bonds is 8. The number of likely N-dealkylation sites (N-methyl/N-ethyl adjacent to an activating group) is 1. The van der Waals surface area contributed by atoms with Crippen LogP contribution in [-0.4, -0.2) is 42.9 Å². The molecule has 17 heavy (non-hydrogen) atoms. The molecule has 0 aliphatic carbocycles. The van der Waals surface area contributed by atoms with Gasteiger partial charge in [0.05, 0.1) is 12.7 Å². The van der Waals surface area contributed by atoms with Crippen LogP contribution >= 0.6 is 0 Å². The Kier molecular flexibility index (Phi) is 6.86. The third kappa shape index (κ3) is 7.10. The lowest BCUT2D eigenvalue weighted by molar-refractivity contribution is 0.100. The summed E-state index contributed by atoms with van der Waals surface area (Å²) in [5, 5.41) is 9.20. The molecule has 3 nitrogen and oxygen atoms in total. The first kappa shape index (κ1) is 14.2. The third-order valence-electron chi connectivity index (χ3n) is 2.52. The van der Waals surface area contributed by atoms with Crippen molar-refractivity contribution >= 4 is 0 Å². The maximum Gasteiger partial charge on any atom is 0.0716 e. The summed E-state index contributed by atoms with van der Waals surface area (Å²) in [6, 6.07) is 10.2. The summed E-state index contributed by atoms with van der Waals surface area (Å²) in [6.45, 7) is 4.93. The minimum absolute atomic E-state index is 0.259. The van der Waals surface area contributed by atoms with Crippen molar-refractivity contribution in [3.8, 4) is 0 Å². The Morgan fingerprint density at radius 2 is 2.00 bits per heavy atom. The molecule has 0 bridgehead atoms. The monoisotopic (exact) mass is 237 g/mol. The highest BCUT2D eigenvalue weighted by Crippen LogP contribution is 2.01. The average Bonchev–Trinajstić information content (AvgIpc) is 2.29. The van der Waals surface area contributed by atoms with Crippen molar-refractivity contribution < 1.29 is 9.84 Å². The van der Waals surface area contributed by atoms with Crippen LogP contribution in [0.5, 0.6) is 0 Å². The molecule has 0 aromatic heterocycles. The molecule has 0 fully saturated rings. The van der Waals surface area contributed by atoms with E-state index in [1.54, 1.807) is 0 Å². The van der Waals surface area contributed by atoms with Crippen LogP contribution < -0.4 is 0 Å². The van der Waals surface area contributed by atoms with Gasteiger partial charge in [-0.2, -0.15) is 0 Å². The standard InChI is InChI=1S/C14H23NO2/c1-13(16)11-15(2)9-6-10-17-12-14-7-4-3-5-8-14/h3-5,7-8,13,16H,6,9-12H2,1-2H3. The number of nitrogens with zero attached hydrogens (tertiary/aromatic N) is 1. The Morgan fingerprint density at radius 3 is 2.65 bits per heavy atom. The van der Waals surface area contributed by atoms with E-state index in [4.69, 9.17) is 4.74 Å². The van der Waals surface area contributed by atoms with Crippen LogP contribution in [0.2, 0.25) is 0 Å². The number of aliphatic hydroxyl groups excluding tert-OH is 1. The second-order valence-electron chi connectivity index (χ2n) is 4.50. The van der Waals surface area contributed by atoms with E-state index >= 15 is 0 Å². The van der Waals surface area contributed by atoms with Crippen LogP contribution in [0.25, 0.3) is 0 Å². The lowest BCUT2D eigenvalue weighted by atomic mass is 10.2. The minimum Gasteiger partial charge on any atom is -0.392 e. The molecular weight excluding hydrogens is 214 g/mol. The molecule has 0 radical (unpaired) electrons. The molecule has 0 heterocycles. The van der Waals surface area contributed by atoms with E-state index in [-0.39, 0.29) is 6.10 Å². The summed E-state index contributed by atoms with van der Waals surface area (Å²) in [6.07, 6.45) is 0.737. The predicted octanol–water partition coefficient (Wildman–Crippen LogP) is 1.91. The molecule has 0 aliphatic heterocycles. The molecule has 1 aromatic carbocycles. The first-order valence-electron chi connectivity index (χ1n) is 6.17. The second-order valence-corrected chi connectivity index (χ2v) is 4.50. The van der Waals surface area contributed by atoms with Crippen LogP contribution in [0.1, 0.15) is 18.9 Å². The summed E-state index contributed by atoms with van der Waals surface area (Å²) in [7, 11) is 2.02. The van der Waals surface area contributed by atoms with E-state index in [1.807, 2.05) is 32.2 Å².